The van der Waals surface area contributed by atoms with Gasteiger partial charge in [0.15, 0.2) is 5.75 Å². The number of carbonyl (C=O) groups excluding carboxylic acids is 1. The van der Waals surface area contributed by atoms with Gasteiger partial charge >= 0.3 is 5.97 Å². The molecule has 0 bridgehead atoms. The van der Waals surface area contributed by atoms with E-state index < -0.39 is 5.97 Å². The summed E-state index contributed by atoms with van der Waals surface area (Å²) < 4.78 is 15.7. The van der Waals surface area contributed by atoms with Gasteiger partial charge in [-0.2, -0.15) is 0 Å². The maximum absolute atomic E-state index is 12.1. The molecule has 1 saturated heterocycles. The Labute approximate surface area is 121 Å². The topological polar surface area (TPSA) is 44.8 Å². The molecule has 2 rings (SSSR count). The number of hydrogen-bond donors (Lipinski definition) is 0. The third kappa shape index (κ3) is 3.32. The molecule has 0 spiro atoms. The second-order valence-electron chi connectivity index (χ2n) is 4.17. The molecule has 104 valence electrons. The van der Waals surface area contributed by atoms with E-state index in [9.17, 15) is 4.79 Å². The zero-order valence-corrected chi connectivity index (χ0v) is 12.0. The second kappa shape index (κ2) is 6.46. The zero-order chi connectivity index (χ0) is 13.8. The lowest BCUT2D eigenvalue weighted by Crippen LogP contribution is -2.18. The lowest BCUT2D eigenvalue weighted by Gasteiger charge is -2.13. The number of benzene rings is 1. The highest BCUT2D eigenvalue weighted by Crippen LogP contribution is 2.34. The molecule has 0 N–H and O–H groups in total. The summed E-state index contributed by atoms with van der Waals surface area (Å²) in [5.74, 6) is -0.327. The highest BCUT2D eigenvalue weighted by Gasteiger charge is 2.23. The van der Waals surface area contributed by atoms with Crippen molar-refractivity contribution in [3.05, 3.63) is 27.7 Å². The zero-order valence-electron chi connectivity index (χ0n) is 10.4. The fraction of sp³-hybridized carbons (Fsp3) is 0.462. The number of halogens is 2. The van der Waals surface area contributed by atoms with Crippen LogP contribution in [0.4, 0.5) is 0 Å². The molecule has 1 heterocycles. The van der Waals surface area contributed by atoms with E-state index in [0.29, 0.717) is 11.6 Å². The molecule has 1 aromatic carbocycles. The Morgan fingerprint density at radius 2 is 2.16 bits per heavy atom. The van der Waals surface area contributed by atoms with Gasteiger partial charge in [0.2, 0.25) is 0 Å². The molecule has 0 aromatic heterocycles. The van der Waals surface area contributed by atoms with E-state index in [1.54, 1.807) is 6.07 Å². The van der Waals surface area contributed by atoms with Crippen molar-refractivity contribution in [3.63, 3.8) is 0 Å². The first-order valence-electron chi connectivity index (χ1n) is 5.94. The smallest absolute Gasteiger partial charge is 0.343 e. The van der Waals surface area contributed by atoms with E-state index in [2.05, 4.69) is 0 Å². The summed E-state index contributed by atoms with van der Waals surface area (Å²) >= 11 is 12.0. The monoisotopic (exact) mass is 304 g/mol. The molecule has 1 fully saturated rings. The molecule has 6 heteroatoms. The van der Waals surface area contributed by atoms with Crippen molar-refractivity contribution >= 4 is 29.2 Å². The Kier molecular flexibility index (Phi) is 4.91. The van der Waals surface area contributed by atoms with Crippen LogP contribution < -0.4 is 4.74 Å². The van der Waals surface area contributed by atoms with Crippen LogP contribution in [0.1, 0.15) is 23.2 Å². The summed E-state index contributed by atoms with van der Waals surface area (Å²) in [6, 6.07) is 3.11. The SMILES string of the molecule is COc1c(Cl)ccc(Cl)c1C(=O)OCC1CCCO1. The minimum Gasteiger partial charge on any atom is -0.494 e. The third-order valence-corrected chi connectivity index (χ3v) is 3.50. The number of rotatable bonds is 4. The van der Waals surface area contributed by atoms with E-state index in [0.717, 1.165) is 12.8 Å². The molecule has 0 radical (unpaired) electrons. The normalized spacial score (nSPS) is 18.4. The van der Waals surface area contributed by atoms with Crippen LogP contribution in [-0.4, -0.2) is 32.4 Å². The van der Waals surface area contributed by atoms with Crippen LogP contribution >= 0.6 is 23.2 Å². The average Bonchev–Trinajstić information content (AvgIpc) is 2.91. The number of esters is 1. The predicted octanol–water partition coefficient (Wildman–Crippen LogP) is 3.34. The molecule has 0 saturated carbocycles. The van der Waals surface area contributed by atoms with E-state index in [1.165, 1.54) is 13.2 Å². The maximum Gasteiger partial charge on any atom is 0.343 e. The fourth-order valence-corrected chi connectivity index (χ4v) is 2.40. The Balaban J connectivity index is 2.11. The quantitative estimate of drug-likeness (QED) is 0.800. The van der Waals surface area contributed by atoms with E-state index in [1.807, 2.05) is 0 Å². The first kappa shape index (κ1) is 14.4. The van der Waals surface area contributed by atoms with Gasteiger partial charge in [-0.1, -0.05) is 23.2 Å². The highest BCUT2D eigenvalue weighted by atomic mass is 35.5. The number of ether oxygens (including phenoxy) is 3. The highest BCUT2D eigenvalue weighted by molar-refractivity contribution is 6.37. The van der Waals surface area contributed by atoms with Crippen molar-refractivity contribution in [2.75, 3.05) is 20.3 Å². The van der Waals surface area contributed by atoms with Crippen molar-refractivity contribution in [2.24, 2.45) is 0 Å². The molecule has 1 unspecified atom stereocenters. The van der Waals surface area contributed by atoms with Gasteiger partial charge in [0.05, 0.1) is 23.3 Å². The van der Waals surface area contributed by atoms with Crippen LogP contribution in [-0.2, 0) is 9.47 Å². The van der Waals surface area contributed by atoms with Crippen molar-refractivity contribution in [2.45, 2.75) is 18.9 Å². The minimum absolute atomic E-state index is 0.0343. The van der Waals surface area contributed by atoms with Crippen molar-refractivity contribution < 1.29 is 19.0 Å². The Bertz CT molecular complexity index is 470. The number of carbonyl (C=O) groups is 1. The predicted molar refractivity (Wildman–Crippen MR) is 72.3 cm³/mol. The van der Waals surface area contributed by atoms with Crippen molar-refractivity contribution in [1.29, 1.82) is 0 Å². The van der Waals surface area contributed by atoms with Gasteiger partial charge in [0, 0.05) is 6.61 Å². The number of methoxy groups -OCH3 is 1. The van der Waals surface area contributed by atoms with E-state index in [4.69, 9.17) is 37.4 Å². The molecule has 1 aromatic rings. The van der Waals surface area contributed by atoms with Crippen LogP contribution in [0, 0.1) is 0 Å². The van der Waals surface area contributed by atoms with Gasteiger partial charge in [-0.05, 0) is 25.0 Å². The lowest BCUT2D eigenvalue weighted by atomic mass is 10.2. The molecule has 0 aliphatic carbocycles. The molecular weight excluding hydrogens is 291 g/mol. The Morgan fingerprint density at radius 1 is 1.42 bits per heavy atom. The first-order chi connectivity index (χ1) is 9.13. The van der Waals surface area contributed by atoms with Crippen LogP contribution in [0.5, 0.6) is 5.75 Å². The van der Waals surface area contributed by atoms with Gasteiger partial charge in [-0.3, -0.25) is 0 Å². The molecule has 0 amide bonds. The first-order valence-corrected chi connectivity index (χ1v) is 6.69. The summed E-state index contributed by atoms with van der Waals surface area (Å²) in [7, 11) is 1.43. The van der Waals surface area contributed by atoms with Crippen LogP contribution in [0.2, 0.25) is 10.0 Å². The molecular formula is C13H14Cl2O4. The summed E-state index contributed by atoms with van der Waals surface area (Å²) in [6.07, 6.45) is 1.85. The van der Waals surface area contributed by atoms with Gasteiger partial charge in [-0.15, -0.1) is 0 Å². The van der Waals surface area contributed by atoms with Crippen LogP contribution in [0.3, 0.4) is 0 Å². The van der Waals surface area contributed by atoms with Gasteiger partial charge in [-0.25, -0.2) is 4.79 Å². The van der Waals surface area contributed by atoms with Crippen molar-refractivity contribution in [1.82, 2.24) is 0 Å². The lowest BCUT2D eigenvalue weighted by molar-refractivity contribution is 0.0159. The molecule has 1 aliphatic heterocycles. The second-order valence-corrected chi connectivity index (χ2v) is 4.99. The minimum atomic E-state index is -0.556. The summed E-state index contributed by atoms with van der Waals surface area (Å²) in [5.41, 5.74) is 0.148. The Hall–Kier alpha value is -0.970. The van der Waals surface area contributed by atoms with Crippen LogP contribution in [0.15, 0.2) is 12.1 Å². The van der Waals surface area contributed by atoms with Crippen LogP contribution in [0.25, 0.3) is 0 Å². The average molecular weight is 305 g/mol. The van der Waals surface area contributed by atoms with Gasteiger partial charge in [0.1, 0.15) is 12.2 Å². The largest absolute Gasteiger partial charge is 0.494 e. The third-order valence-electron chi connectivity index (χ3n) is 2.89. The maximum atomic E-state index is 12.1. The molecule has 1 aliphatic rings. The Morgan fingerprint density at radius 3 is 2.79 bits per heavy atom. The molecule has 4 nitrogen and oxygen atoms in total. The fourth-order valence-electron chi connectivity index (χ4n) is 1.94. The molecule has 19 heavy (non-hydrogen) atoms. The van der Waals surface area contributed by atoms with Crippen molar-refractivity contribution in [3.8, 4) is 5.75 Å². The van der Waals surface area contributed by atoms with E-state index >= 15 is 0 Å². The summed E-state index contributed by atoms with van der Waals surface area (Å²) in [5, 5.41) is 0.564. The summed E-state index contributed by atoms with van der Waals surface area (Å²) in [4.78, 5) is 12.1. The standard InChI is InChI=1S/C13H14Cl2O4/c1-17-12-10(15)5-4-9(14)11(12)13(16)19-7-8-3-2-6-18-8/h4-5,8H,2-3,6-7H2,1H3. The van der Waals surface area contributed by atoms with E-state index in [-0.39, 0.29) is 29.0 Å². The molecule has 1 atom stereocenters. The van der Waals surface area contributed by atoms with Gasteiger partial charge < -0.3 is 14.2 Å². The number of hydrogen-bond acceptors (Lipinski definition) is 4. The van der Waals surface area contributed by atoms with Gasteiger partial charge in [0.25, 0.3) is 0 Å². The summed E-state index contributed by atoms with van der Waals surface area (Å²) in [6.45, 7) is 0.925.